The van der Waals surface area contributed by atoms with Gasteiger partial charge in [-0.05, 0) is 19.1 Å². The molecule has 86 valence electrons. The van der Waals surface area contributed by atoms with Crippen LogP contribution in [0.25, 0.3) is 0 Å². The molecule has 2 N–H and O–H groups in total. The number of nitrogens with zero attached hydrogens (tertiary/aromatic N) is 1. The van der Waals surface area contributed by atoms with Crippen molar-refractivity contribution in [2.45, 2.75) is 26.6 Å². The quantitative estimate of drug-likeness (QED) is 0.799. The second kappa shape index (κ2) is 4.96. The average molecular weight is 222 g/mol. The van der Waals surface area contributed by atoms with Crippen molar-refractivity contribution in [3.8, 4) is 0 Å². The standard InChI is InChI=1S/C11H14N2O3/c1-8-4-9(13-16-8)5-12-6-10-2-3-11(7-14)15-10/h2-4,12,14H,5-7H2,1H3. The number of furan rings is 1. The fraction of sp³-hybridized carbons (Fsp3) is 0.364. The molecule has 0 aromatic carbocycles. The van der Waals surface area contributed by atoms with Crippen LogP contribution in [0.2, 0.25) is 0 Å². The maximum atomic E-state index is 8.82. The molecule has 0 saturated carbocycles. The van der Waals surface area contributed by atoms with Gasteiger partial charge in [-0.3, -0.25) is 0 Å². The van der Waals surface area contributed by atoms with Crippen molar-refractivity contribution in [3.63, 3.8) is 0 Å². The van der Waals surface area contributed by atoms with Crippen LogP contribution in [0.1, 0.15) is 23.0 Å². The van der Waals surface area contributed by atoms with Gasteiger partial charge in [0.25, 0.3) is 0 Å². The molecular formula is C11H14N2O3. The minimum Gasteiger partial charge on any atom is -0.462 e. The Kier molecular flexibility index (Phi) is 3.38. The zero-order valence-corrected chi connectivity index (χ0v) is 9.06. The summed E-state index contributed by atoms with van der Waals surface area (Å²) in [5.74, 6) is 2.18. The highest BCUT2D eigenvalue weighted by molar-refractivity contribution is 5.07. The molecule has 0 aliphatic rings. The molecule has 0 spiro atoms. The number of hydrogen-bond donors (Lipinski definition) is 2. The fourth-order valence-electron chi connectivity index (χ4n) is 1.42. The molecule has 2 aromatic heterocycles. The van der Waals surface area contributed by atoms with E-state index in [-0.39, 0.29) is 6.61 Å². The lowest BCUT2D eigenvalue weighted by Gasteiger charge is -1.98. The largest absolute Gasteiger partial charge is 0.462 e. The Hall–Kier alpha value is -1.59. The van der Waals surface area contributed by atoms with Crippen LogP contribution in [0, 0.1) is 6.92 Å². The number of rotatable bonds is 5. The van der Waals surface area contributed by atoms with Crippen LogP contribution in [-0.2, 0) is 19.7 Å². The molecule has 5 heteroatoms. The van der Waals surface area contributed by atoms with E-state index in [2.05, 4.69) is 10.5 Å². The molecule has 2 heterocycles. The average Bonchev–Trinajstić information content (AvgIpc) is 2.88. The van der Waals surface area contributed by atoms with E-state index in [0.717, 1.165) is 17.2 Å². The Morgan fingerprint density at radius 3 is 2.75 bits per heavy atom. The Morgan fingerprint density at radius 2 is 2.12 bits per heavy atom. The molecule has 0 atom stereocenters. The van der Waals surface area contributed by atoms with Crippen molar-refractivity contribution in [2.75, 3.05) is 0 Å². The van der Waals surface area contributed by atoms with Crippen LogP contribution in [-0.4, -0.2) is 10.3 Å². The van der Waals surface area contributed by atoms with Gasteiger partial charge in [0.2, 0.25) is 0 Å². The number of aliphatic hydroxyl groups is 1. The number of aryl methyl sites for hydroxylation is 1. The van der Waals surface area contributed by atoms with Gasteiger partial charge in [-0.25, -0.2) is 0 Å². The maximum Gasteiger partial charge on any atom is 0.133 e. The van der Waals surface area contributed by atoms with E-state index in [9.17, 15) is 0 Å². The van der Waals surface area contributed by atoms with Crippen molar-refractivity contribution < 1.29 is 14.0 Å². The first-order chi connectivity index (χ1) is 7.78. The SMILES string of the molecule is Cc1cc(CNCc2ccc(CO)o2)no1. The highest BCUT2D eigenvalue weighted by Crippen LogP contribution is 2.07. The Labute approximate surface area is 93.1 Å². The van der Waals surface area contributed by atoms with Crippen molar-refractivity contribution in [1.82, 2.24) is 10.5 Å². The summed E-state index contributed by atoms with van der Waals surface area (Å²) in [6, 6.07) is 5.48. The van der Waals surface area contributed by atoms with Gasteiger partial charge in [0.1, 0.15) is 23.9 Å². The Morgan fingerprint density at radius 1 is 1.31 bits per heavy atom. The molecule has 0 unspecified atom stereocenters. The predicted octanol–water partition coefficient (Wildman–Crippen LogP) is 1.36. The maximum absolute atomic E-state index is 8.82. The van der Waals surface area contributed by atoms with E-state index >= 15 is 0 Å². The van der Waals surface area contributed by atoms with Crippen LogP contribution in [0.5, 0.6) is 0 Å². The van der Waals surface area contributed by atoms with E-state index in [1.165, 1.54) is 0 Å². The van der Waals surface area contributed by atoms with Gasteiger partial charge in [0.05, 0.1) is 12.2 Å². The molecule has 5 nitrogen and oxygen atoms in total. The normalized spacial score (nSPS) is 10.9. The third-order valence-corrected chi connectivity index (χ3v) is 2.16. The zero-order valence-electron chi connectivity index (χ0n) is 9.06. The molecule has 0 fully saturated rings. The first-order valence-electron chi connectivity index (χ1n) is 5.09. The van der Waals surface area contributed by atoms with Gasteiger partial charge in [-0.15, -0.1) is 0 Å². The molecule has 0 saturated heterocycles. The van der Waals surface area contributed by atoms with Crippen molar-refractivity contribution in [3.05, 3.63) is 41.2 Å². The monoisotopic (exact) mass is 222 g/mol. The minimum atomic E-state index is -0.0670. The second-order valence-corrected chi connectivity index (χ2v) is 3.56. The van der Waals surface area contributed by atoms with E-state index < -0.39 is 0 Å². The molecule has 0 radical (unpaired) electrons. The van der Waals surface area contributed by atoms with Crippen molar-refractivity contribution >= 4 is 0 Å². The van der Waals surface area contributed by atoms with Gasteiger partial charge in [-0.1, -0.05) is 5.16 Å². The molecule has 0 aliphatic heterocycles. The van der Waals surface area contributed by atoms with E-state index in [4.69, 9.17) is 14.0 Å². The van der Waals surface area contributed by atoms with Crippen LogP contribution in [0.4, 0.5) is 0 Å². The minimum absolute atomic E-state index is 0.0670. The second-order valence-electron chi connectivity index (χ2n) is 3.56. The lowest BCUT2D eigenvalue weighted by Crippen LogP contribution is -2.12. The van der Waals surface area contributed by atoms with E-state index in [1.54, 1.807) is 6.07 Å². The third-order valence-electron chi connectivity index (χ3n) is 2.16. The van der Waals surface area contributed by atoms with Gasteiger partial charge in [0.15, 0.2) is 0 Å². The van der Waals surface area contributed by atoms with E-state index in [0.29, 0.717) is 18.8 Å². The van der Waals surface area contributed by atoms with Gasteiger partial charge in [0, 0.05) is 12.6 Å². The molecule has 0 bridgehead atoms. The summed E-state index contributed by atoms with van der Waals surface area (Å²) in [5, 5.41) is 15.9. The number of hydrogen-bond acceptors (Lipinski definition) is 5. The summed E-state index contributed by atoms with van der Waals surface area (Å²) >= 11 is 0. The lowest BCUT2D eigenvalue weighted by molar-refractivity contribution is 0.242. The summed E-state index contributed by atoms with van der Waals surface area (Å²) in [6.45, 7) is 3.03. The van der Waals surface area contributed by atoms with Gasteiger partial charge < -0.3 is 19.4 Å². The molecule has 16 heavy (non-hydrogen) atoms. The fourth-order valence-corrected chi connectivity index (χ4v) is 1.42. The summed E-state index contributed by atoms with van der Waals surface area (Å²) in [6.07, 6.45) is 0. The lowest BCUT2D eigenvalue weighted by atomic mass is 10.3. The highest BCUT2D eigenvalue weighted by atomic mass is 16.5. The van der Waals surface area contributed by atoms with Gasteiger partial charge in [-0.2, -0.15) is 0 Å². The van der Waals surface area contributed by atoms with Crippen molar-refractivity contribution in [2.24, 2.45) is 0 Å². The number of nitrogens with one attached hydrogen (secondary N) is 1. The number of aliphatic hydroxyl groups excluding tert-OH is 1. The smallest absolute Gasteiger partial charge is 0.133 e. The molecule has 2 rings (SSSR count). The summed E-state index contributed by atoms with van der Waals surface area (Å²) in [5.41, 5.74) is 0.867. The Balaban J connectivity index is 1.79. The predicted molar refractivity (Wildman–Crippen MR) is 56.4 cm³/mol. The summed E-state index contributed by atoms with van der Waals surface area (Å²) < 4.78 is 10.3. The van der Waals surface area contributed by atoms with Crippen LogP contribution < -0.4 is 5.32 Å². The number of aromatic nitrogens is 1. The van der Waals surface area contributed by atoms with Crippen LogP contribution in [0.3, 0.4) is 0 Å². The summed E-state index contributed by atoms with van der Waals surface area (Å²) in [4.78, 5) is 0. The molecule has 0 aliphatic carbocycles. The zero-order chi connectivity index (χ0) is 11.4. The highest BCUT2D eigenvalue weighted by Gasteiger charge is 2.02. The third kappa shape index (κ3) is 2.71. The Bertz CT molecular complexity index is 448. The summed E-state index contributed by atoms with van der Waals surface area (Å²) in [7, 11) is 0. The van der Waals surface area contributed by atoms with Crippen LogP contribution >= 0.6 is 0 Å². The molecule has 0 amide bonds. The molecule has 2 aromatic rings. The topological polar surface area (TPSA) is 71.4 Å². The first-order valence-corrected chi connectivity index (χ1v) is 5.09. The first kappa shape index (κ1) is 10.9. The van der Waals surface area contributed by atoms with E-state index in [1.807, 2.05) is 19.1 Å². The van der Waals surface area contributed by atoms with Crippen molar-refractivity contribution in [1.29, 1.82) is 0 Å². The molecular weight excluding hydrogens is 208 g/mol. The van der Waals surface area contributed by atoms with Crippen LogP contribution in [0.15, 0.2) is 27.1 Å². The van der Waals surface area contributed by atoms with Gasteiger partial charge >= 0.3 is 0 Å².